The van der Waals surface area contributed by atoms with E-state index in [4.69, 9.17) is 9.15 Å². The molecular weight excluding hydrogens is 314 g/mol. The Morgan fingerprint density at radius 2 is 2.00 bits per heavy atom. The van der Waals surface area contributed by atoms with Crippen LogP contribution in [-0.4, -0.2) is 29.7 Å². The van der Waals surface area contributed by atoms with Gasteiger partial charge in [0.1, 0.15) is 5.58 Å². The average molecular weight is 343 g/mol. The van der Waals surface area contributed by atoms with Crippen LogP contribution in [-0.2, 0) is 11.3 Å². The Morgan fingerprint density at radius 1 is 1.24 bits per heavy atom. The summed E-state index contributed by atoms with van der Waals surface area (Å²) in [6, 6.07) is 6.33. The quantitative estimate of drug-likeness (QED) is 0.781. The van der Waals surface area contributed by atoms with Gasteiger partial charge in [-0.05, 0) is 69.8 Å². The van der Waals surface area contributed by atoms with Crippen molar-refractivity contribution in [3.8, 4) is 0 Å². The maximum absolute atomic E-state index is 12.1. The summed E-state index contributed by atoms with van der Waals surface area (Å²) in [7, 11) is 0. The first-order chi connectivity index (χ1) is 11.8. The molecule has 4 heteroatoms. The van der Waals surface area contributed by atoms with Crippen molar-refractivity contribution in [1.29, 1.82) is 0 Å². The summed E-state index contributed by atoms with van der Waals surface area (Å²) in [5.41, 5.74) is 3.64. The van der Waals surface area contributed by atoms with Crippen molar-refractivity contribution in [1.82, 2.24) is 4.90 Å². The zero-order chi connectivity index (χ0) is 18.2. The first-order valence-corrected chi connectivity index (χ1v) is 9.21. The van der Waals surface area contributed by atoms with Crippen molar-refractivity contribution in [2.75, 3.05) is 13.2 Å². The molecule has 0 saturated carbocycles. The van der Waals surface area contributed by atoms with E-state index in [0.717, 1.165) is 54.6 Å². The zero-order valence-corrected chi connectivity index (χ0v) is 16.0. The van der Waals surface area contributed by atoms with Crippen molar-refractivity contribution in [3.05, 3.63) is 45.3 Å². The van der Waals surface area contributed by atoms with Gasteiger partial charge < -0.3 is 9.15 Å². The molecule has 0 aliphatic carbocycles. The Morgan fingerprint density at radius 3 is 2.68 bits per heavy atom. The molecule has 0 radical (unpaired) electrons. The molecule has 25 heavy (non-hydrogen) atoms. The van der Waals surface area contributed by atoms with Crippen LogP contribution in [0.2, 0.25) is 0 Å². The molecule has 1 aliphatic heterocycles. The van der Waals surface area contributed by atoms with E-state index in [1.165, 1.54) is 5.56 Å². The highest BCUT2D eigenvalue weighted by Crippen LogP contribution is 2.30. The van der Waals surface area contributed by atoms with Crippen molar-refractivity contribution in [2.24, 2.45) is 0 Å². The van der Waals surface area contributed by atoms with Gasteiger partial charge >= 0.3 is 5.63 Å². The monoisotopic (exact) mass is 343 g/mol. The van der Waals surface area contributed by atoms with E-state index in [1.807, 2.05) is 6.92 Å². The summed E-state index contributed by atoms with van der Waals surface area (Å²) in [6.07, 6.45) is 2.05. The van der Waals surface area contributed by atoms with E-state index < -0.39 is 0 Å². The first kappa shape index (κ1) is 18.2. The molecule has 3 rings (SSSR count). The lowest BCUT2D eigenvalue weighted by Gasteiger charge is -2.41. The number of aryl methyl sites for hydroxylation is 2. The van der Waals surface area contributed by atoms with Crippen LogP contribution in [0.15, 0.2) is 27.4 Å². The lowest BCUT2D eigenvalue weighted by atomic mass is 9.92. The number of nitrogens with zero attached hydrogens (tertiary/aromatic N) is 1. The van der Waals surface area contributed by atoms with E-state index >= 15 is 0 Å². The van der Waals surface area contributed by atoms with E-state index in [-0.39, 0.29) is 11.2 Å². The molecule has 2 aromatic rings. The normalized spacial score (nSPS) is 20.3. The van der Waals surface area contributed by atoms with Gasteiger partial charge in [-0.2, -0.15) is 0 Å². The molecule has 0 amide bonds. The third kappa shape index (κ3) is 3.96. The number of hydrogen-bond acceptors (Lipinski definition) is 4. The molecular formula is C21H29NO3. The van der Waals surface area contributed by atoms with Crippen LogP contribution in [0.25, 0.3) is 11.0 Å². The highest BCUT2D eigenvalue weighted by Gasteiger charge is 2.32. The third-order valence-electron chi connectivity index (χ3n) is 5.23. The summed E-state index contributed by atoms with van der Waals surface area (Å²) in [5, 5.41) is 1.06. The van der Waals surface area contributed by atoms with Gasteiger partial charge in [-0.25, -0.2) is 4.79 Å². The van der Waals surface area contributed by atoms with Gasteiger partial charge in [0.15, 0.2) is 0 Å². The predicted molar refractivity (Wildman–Crippen MR) is 101 cm³/mol. The molecule has 0 bridgehead atoms. The maximum Gasteiger partial charge on any atom is 0.336 e. The minimum atomic E-state index is -0.266. The van der Waals surface area contributed by atoms with Gasteiger partial charge in [0.2, 0.25) is 0 Å². The second-order valence-electron chi connectivity index (χ2n) is 7.87. The second-order valence-corrected chi connectivity index (χ2v) is 7.87. The number of benzene rings is 1. The number of hydrogen-bond donors (Lipinski definition) is 0. The van der Waals surface area contributed by atoms with E-state index in [1.54, 1.807) is 6.07 Å². The largest absolute Gasteiger partial charge is 0.422 e. The molecule has 0 spiro atoms. The lowest BCUT2D eigenvalue weighted by Crippen LogP contribution is -2.45. The highest BCUT2D eigenvalue weighted by atomic mass is 16.5. The minimum Gasteiger partial charge on any atom is -0.422 e. The lowest BCUT2D eigenvalue weighted by molar-refractivity contribution is -0.0838. The molecule has 0 N–H and O–H groups in total. The van der Waals surface area contributed by atoms with Crippen molar-refractivity contribution in [2.45, 2.75) is 65.6 Å². The van der Waals surface area contributed by atoms with E-state index in [0.29, 0.717) is 6.04 Å². The number of rotatable bonds is 4. The van der Waals surface area contributed by atoms with Gasteiger partial charge in [-0.1, -0.05) is 13.0 Å². The molecule has 1 fully saturated rings. The smallest absolute Gasteiger partial charge is 0.336 e. The molecule has 1 atom stereocenters. The Balaban J connectivity index is 1.97. The molecule has 1 aliphatic rings. The summed E-state index contributed by atoms with van der Waals surface area (Å²) >= 11 is 0. The Kier molecular flexibility index (Phi) is 5.03. The molecule has 1 unspecified atom stereocenters. The zero-order valence-electron chi connectivity index (χ0n) is 16.0. The molecule has 1 saturated heterocycles. The van der Waals surface area contributed by atoms with Crippen LogP contribution in [0.4, 0.5) is 0 Å². The van der Waals surface area contributed by atoms with Gasteiger partial charge in [-0.3, -0.25) is 4.90 Å². The van der Waals surface area contributed by atoms with Crippen molar-refractivity contribution in [3.63, 3.8) is 0 Å². The molecule has 2 heterocycles. The molecule has 1 aromatic heterocycles. The van der Waals surface area contributed by atoms with Crippen molar-refractivity contribution < 1.29 is 9.15 Å². The number of fused-ring (bicyclic) bond motifs is 1. The fourth-order valence-electron chi connectivity index (χ4n) is 4.04. The molecule has 136 valence electrons. The van der Waals surface area contributed by atoms with E-state index in [2.05, 4.69) is 44.7 Å². The standard InChI is InChI=1S/C21H29NO3/c1-6-22(17-7-8-24-21(4,5)12-17)13-16-11-19(23)25-20-15(3)9-14(2)10-18(16)20/h9-11,17H,6-8,12-13H2,1-5H3. The van der Waals surface area contributed by atoms with Crippen molar-refractivity contribution >= 4 is 11.0 Å². The average Bonchev–Trinajstić information content (AvgIpc) is 2.52. The summed E-state index contributed by atoms with van der Waals surface area (Å²) in [4.78, 5) is 14.6. The second kappa shape index (κ2) is 6.93. The van der Waals surface area contributed by atoms with Gasteiger partial charge in [0.25, 0.3) is 0 Å². The van der Waals surface area contributed by atoms with Gasteiger partial charge in [0.05, 0.1) is 5.60 Å². The van der Waals surface area contributed by atoms with Gasteiger partial charge in [-0.15, -0.1) is 0 Å². The fourth-order valence-corrected chi connectivity index (χ4v) is 4.04. The Bertz CT molecular complexity index is 822. The minimum absolute atomic E-state index is 0.0820. The molecule has 4 nitrogen and oxygen atoms in total. The fraction of sp³-hybridized carbons (Fsp3) is 0.571. The Labute approximate surface area is 149 Å². The van der Waals surface area contributed by atoms with Gasteiger partial charge in [0, 0.05) is 30.6 Å². The van der Waals surface area contributed by atoms with Crippen LogP contribution in [0, 0.1) is 13.8 Å². The Hall–Kier alpha value is -1.65. The van der Waals surface area contributed by atoms with Crippen LogP contribution >= 0.6 is 0 Å². The summed E-state index contributed by atoms with van der Waals surface area (Å²) < 4.78 is 11.4. The predicted octanol–water partition coefficient (Wildman–Crippen LogP) is 4.19. The third-order valence-corrected chi connectivity index (χ3v) is 5.23. The maximum atomic E-state index is 12.1. The first-order valence-electron chi connectivity index (χ1n) is 9.21. The molecule has 1 aromatic carbocycles. The van der Waals surface area contributed by atoms with Crippen LogP contribution < -0.4 is 5.63 Å². The summed E-state index contributed by atoms with van der Waals surface area (Å²) in [6.45, 7) is 13.1. The summed E-state index contributed by atoms with van der Waals surface area (Å²) in [5.74, 6) is 0. The van der Waals surface area contributed by atoms with Crippen LogP contribution in [0.3, 0.4) is 0 Å². The SMILES string of the molecule is CCN(Cc1cc(=O)oc2c(C)cc(C)cc12)C1CCOC(C)(C)C1. The highest BCUT2D eigenvalue weighted by molar-refractivity contribution is 5.83. The number of ether oxygens (including phenoxy) is 1. The van der Waals surface area contributed by atoms with Crippen LogP contribution in [0.5, 0.6) is 0 Å². The van der Waals surface area contributed by atoms with Crippen LogP contribution in [0.1, 0.15) is 50.3 Å². The topological polar surface area (TPSA) is 42.7 Å². The van der Waals surface area contributed by atoms with E-state index in [9.17, 15) is 4.79 Å².